The summed E-state index contributed by atoms with van der Waals surface area (Å²) in [5, 5.41) is 2.65. The van der Waals surface area contributed by atoms with Gasteiger partial charge in [0.2, 0.25) is 0 Å². The topological polar surface area (TPSA) is 64.6 Å². The van der Waals surface area contributed by atoms with E-state index >= 15 is 0 Å². The molecule has 0 unspecified atom stereocenters. The molecule has 0 aliphatic rings. The molecule has 0 radical (unpaired) electrons. The van der Waals surface area contributed by atoms with Gasteiger partial charge in [0.15, 0.2) is 6.61 Å². The minimum atomic E-state index is -0.657. The van der Waals surface area contributed by atoms with E-state index in [2.05, 4.69) is 21.2 Å². The third kappa shape index (κ3) is 5.38. The van der Waals surface area contributed by atoms with Gasteiger partial charge in [0.25, 0.3) is 5.91 Å². The van der Waals surface area contributed by atoms with E-state index in [4.69, 9.17) is 9.47 Å². The van der Waals surface area contributed by atoms with Crippen LogP contribution in [-0.2, 0) is 14.3 Å². The number of hydrogen-bond acceptors (Lipinski definition) is 4. The molecule has 0 saturated heterocycles. The second kappa shape index (κ2) is 8.67. The lowest BCUT2D eigenvalue weighted by Gasteiger charge is -2.21. The van der Waals surface area contributed by atoms with Crippen molar-refractivity contribution in [2.45, 2.75) is 26.3 Å². The SMILES string of the molecule is CC[C@H](C)[C@H](NC(=O)COc1ccccc1Br)C(=O)OC. The van der Waals surface area contributed by atoms with E-state index in [1.54, 1.807) is 6.07 Å². The van der Waals surface area contributed by atoms with Crippen LogP contribution >= 0.6 is 15.9 Å². The molecule has 0 aromatic heterocycles. The molecule has 1 amide bonds. The quantitative estimate of drug-likeness (QED) is 0.761. The summed E-state index contributed by atoms with van der Waals surface area (Å²) >= 11 is 3.34. The molecule has 21 heavy (non-hydrogen) atoms. The molecule has 0 aliphatic carbocycles. The van der Waals surface area contributed by atoms with Crippen molar-refractivity contribution in [1.82, 2.24) is 5.32 Å². The summed E-state index contributed by atoms with van der Waals surface area (Å²) < 4.78 is 10.9. The van der Waals surface area contributed by atoms with Crippen molar-refractivity contribution >= 4 is 27.8 Å². The molecule has 5 nitrogen and oxygen atoms in total. The minimum absolute atomic E-state index is 0.00939. The number of nitrogens with one attached hydrogen (secondary N) is 1. The Bertz CT molecular complexity index is 492. The van der Waals surface area contributed by atoms with Gasteiger partial charge in [0.1, 0.15) is 11.8 Å². The van der Waals surface area contributed by atoms with Gasteiger partial charge >= 0.3 is 5.97 Å². The van der Waals surface area contributed by atoms with E-state index in [0.29, 0.717) is 5.75 Å². The van der Waals surface area contributed by atoms with Crippen molar-refractivity contribution in [3.8, 4) is 5.75 Å². The second-order valence-corrected chi connectivity index (χ2v) is 5.53. The lowest BCUT2D eigenvalue weighted by molar-refractivity contribution is -0.146. The van der Waals surface area contributed by atoms with Crippen molar-refractivity contribution in [2.24, 2.45) is 5.92 Å². The van der Waals surface area contributed by atoms with Crippen molar-refractivity contribution in [3.05, 3.63) is 28.7 Å². The molecule has 1 aromatic rings. The predicted octanol–water partition coefficient (Wildman–Crippen LogP) is 2.53. The standard InChI is InChI=1S/C15H20BrNO4/c1-4-10(2)14(15(19)20-3)17-13(18)9-21-12-8-6-5-7-11(12)16/h5-8,10,14H,4,9H2,1-3H3,(H,17,18)/t10-,14-/m0/s1. The molecule has 6 heteroatoms. The largest absolute Gasteiger partial charge is 0.483 e. The maximum Gasteiger partial charge on any atom is 0.328 e. The Labute approximate surface area is 133 Å². The molecule has 0 aliphatic heterocycles. The van der Waals surface area contributed by atoms with E-state index in [9.17, 15) is 9.59 Å². The summed E-state index contributed by atoms with van der Waals surface area (Å²) in [7, 11) is 1.31. The fourth-order valence-corrected chi connectivity index (χ4v) is 2.12. The highest BCUT2D eigenvalue weighted by molar-refractivity contribution is 9.10. The van der Waals surface area contributed by atoms with Gasteiger partial charge in [-0.1, -0.05) is 32.4 Å². The van der Waals surface area contributed by atoms with Gasteiger partial charge in [-0.05, 0) is 34.0 Å². The number of carbonyl (C=O) groups excluding carboxylic acids is 2. The zero-order valence-electron chi connectivity index (χ0n) is 12.4. The third-order valence-corrected chi connectivity index (χ3v) is 3.84. The molecular formula is C15H20BrNO4. The summed E-state index contributed by atoms with van der Waals surface area (Å²) in [5.74, 6) is -0.240. The number of rotatable bonds is 7. The van der Waals surface area contributed by atoms with Gasteiger partial charge in [-0.15, -0.1) is 0 Å². The lowest BCUT2D eigenvalue weighted by atomic mass is 9.99. The smallest absolute Gasteiger partial charge is 0.328 e. The number of carbonyl (C=O) groups is 2. The second-order valence-electron chi connectivity index (χ2n) is 4.67. The first-order chi connectivity index (χ1) is 9.99. The normalized spacial score (nSPS) is 13.1. The van der Waals surface area contributed by atoms with Crippen LogP contribution in [0, 0.1) is 5.92 Å². The van der Waals surface area contributed by atoms with Crippen LogP contribution in [0.2, 0.25) is 0 Å². The lowest BCUT2D eigenvalue weighted by Crippen LogP contribution is -2.47. The number of halogens is 1. The van der Waals surface area contributed by atoms with E-state index in [1.165, 1.54) is 7.11 Å². The molecule has 1 N–H and O–H groups in total. The van der Waals surface area contributed by atoms with Crippen molar-refractivity contribution < 1.29 is 19.1 Å². The monoisotopic (exact) mass is 357 g/mol. The van der Waals surface area contributed by atoms with Crippen LogP contribution in [0.5, 0.6) is 5.75 Å². The fraction of sp³-hybridized carbons (Fsp3) is 0.467. The number of hydrogen-bond donors (Lipinski definition) is 1. The van der Waals surface area contributed by atoms with Gasteiger partial charge in [-0.3, -0.25) is 4.79 Å². The Morgan fingerprint density at radius 1 is 1.33 bits per heavy atom. The van der Waals surface area contributed by atoms with Crippen LogP contribution in [0.4, 0.5) is 0 Å². The van der Waals surface area contributed by atoms with Gasteiger partial charge in [0, 0.05) is 0 Å². The summed E-state index contributed by atoms with van der Waals surface area (Å²) in [5.41, 5.74) is 0. The van der Waals surface area contributed by atoms with E-state index < -0.39 is 12.0 Å². The summed E-state index contributed by atoms with van der Waals surface area (Å²) in [6, 6.07) is 6.59. The maximum absolute atomic E-state index is 11.9. The minimum Gasteiger partial charge on any atom is -0.483 e. The third-order valence-electron chi connectivity index (χ3n) is 3.18. The van der Waals surface area contributed by atoms with E-state index in [0.717, 1.165) is 10.9 Å². The first-order valence-electron chi connectivity index (χ1n) is 6.74. The molecule has 0 saturated carbocycles. The van der Waals surface area contributed by atoms with Gasteiger partial charge in [0.05, 0.1) is 11.6 Å². The summed E-state index contributed by atoms with van der Waals surface area (Å²) in [4.78, 5) is 23.6. The zero-order chi connectivity index (χ0) is 15.8. The average Bonchev–Trinajstić information content (AvgIpc) is 2.50. The van der Waals surface area contributed by atoms with Gasteiger partial charge in [-0.2, -0.15) is 0 Å². The number of esters is 1. The molecule has 0 heterocycles. The highest BCUT2D eigenvalue weighted by Gasteiger charge is 2.26. The van der Waals surface area contributed by atoms with Crippen LogP contribution in [0.3, 0.4) is 0 Å². The predicted molar refractivity (Wildman–Crippen MR) is 83.0 cm³/mol. The average molecular weight is 358 g/mol. The number of benzene rings is 1. The Morgan fingerprint density at radius 2 is 2.00 bits per heavy atom. The Morgan fingerprint density at radius 3 is 2.57 bits per heavy atom. The highest BCUT2D eigenvalue weighted by Crippen LogP contribution is 2.23. The fourth-order valence-electron chi connectivity index (χ4n) is 1.72. The first kappa shape index (κ1) is 17.5. The van der Waals surface area contributed by atoms with Crippen LogP contribution in [0.25, 0.3) is 0 Å². The number of para-hydroxylation sites is 1. The van der Waals surface area contributed by atoms with Crippen molar-refractivity contribution in [1.29, 1.82) is 0 Å². The molecule has 0 fully saturated rings. The number of amides is 1. The molecule has 1 rings (SSSR count). The van der Waals surface area contributed by atoms with Crippen LogP contribution in [0.1, 0.15) is 20.3 Å². The molecule has 0 bridgehead atoms. The molecule has 0 spiro atoms. The number of methoxy groups -OCH3 is 1. The van der Waals surface area contributed by atoms with Crippen LogP contribution in [-0.4, -0.2) is 31.6 Å². The summed E-state index contributed by atoms with van der Waals surface area (Å²) in [6.07, 6.45) is 0.755. The maximum atomic E-state index is 11.9. The van der Waals surface area contributed by atoms with Crippen LogP contribution < -0.4 is 10.1 Å². The van der Waals surface area contributed by atoms with Gasteiger partial charge in [-0.25, -0.2) is 4.79 Å². The molecule has 2 atom stereocenters. The van der Waals surface area contributed by atoms with Crippen LogP contribution in [0.15, 0.2) is 28.7 Å². The first-order valence-corrected chi connectivity index (χ1v) is 7.53. The molecular weight excluding hydrogens is 338 g/mol. The Hall–Kier alpha value is -1.56. The molecule has 1 aromatic carbocycles. The summed E-state index contributed by atoms with van der Waals surface area (Å²) in [6.45, 7) is 3.67. The van der Waals surface area contributed by atoms with E-state index in [-0.39, 0.29) is 18.4 Å². The van der Waals surface area contributed by atoms with Gasteiger partial charge < -0.3 is 14.8 Å². The molecule has 116 valence electrons. The zero-order valence-corrected chi connectivity index (χ0v) is 14.0. The van der Waals surface area contributed by atoms with E-state index in [1.807, 2.05) is 32.0 Å². The Balaban J connectivity index is 2.58. The Kier molecular flexibility index (Phi) is 7.22. The highest BCUT2D eigenvalue weighted by atomic mass is 79.9. The van der Waals surface area contributed by atoms with Crippen molar-refractivity contribution in [2.75, 3.05) is 13.7 Å². The van der Waals surface area contributed by atoms with Crippen molar-refractivity contribution in [3.63, 3.8) is 0 Å². The number of ether oxygens (including phenoxy) is 2.